The third kappa shape index (κ3) is 14.3. The van der Waals surface area contributed by atoms with E-state index in [2.05, 4.69) is 21.3 Å². The molecule has 306 valence electrons. The van der Waals surface area contributed by atoms with E-state index in [1.165, 1.54) is 35.5 Å². The number of thioether (sulfide) groups is 1. The number of likely N-dealkylation sites (N-methyl/N-ethyl adjacent to an activating group) is 2. The van der Waals surface area contributed by atoms with Crippen LogP contribution in [0.25, 0.3) is 10.9 Å². The van der Waals surface area contributed by atoms with Crippen molar-refractivity contribution in [2.24, 2.45) is 12.8 Å². The van der Waals surface area contributed by atoms with Gasteiger partial charge in [-0.1, -0.05) is 57.7 Å². The molecule has 15 nitrogen and oxygen atoms in total. The quantitative estimate of drug-likeness (QED) is 0.0659. The van der Waals surface area contributed by atoms with Gasteiger partial charge in [0, 0.05) is 62.7 Å². The van der Waals surface area contributed by atoms with Gasteiger partial charge in [-0.25, -0.2) is 0 Å². The first-order valence-corrected chi connectivity index (χ1v) is 20.4. The van der Waals surface area contributed by atoms with Crippen LogP contribution in [0.1, 0.15) is 77.7 Å². The van der Waals surface area contributed by atoms with Gasteiger partial charge in [-0.05, 0) is 50.8 Å². The van der Waals surface area contributed by atoms with E-state index in [0.717, 1.165) is 35.6 Å². The number of carbonyl (C=O) groups excluding carboxylic acids is 7. The molecular formula is C39H62N8O7S. The minimum atomic E-state index is -1.08. The molecule has 55 heavy (non-hydrogen) atoms. The monoisotopic (exact) mass is 786 g/mol. The number of fused-ring (bicyclic) bond motifs is 1. The fourth-order valence-corrected chi connectivity index (χ4v) is 6.92. The van der Waals surface area contributed by atoms with Crippen molar-refractivity contribution >= 4 is 64.9 Å². The van der Waals surface area contributed by atoms with Crippen molar-refractivity contribution in [2.75, 3.05) is 38.7 Å². The van der Waals surface area contributed by atoms with E-state index in [1.807, 2.05) is 55.9 Å². The number of nitrogens with two attached hydrogens (primary N) is 1. The average Bonchev–Trinajstić information content (AvgIpc) is 3.49. The molecule has 0 aliphatic heterocycles. The predicted molar refractivity (Wildman–Crippen MR) is 216 cm³/mol. The number of nitrogens with zero attached hydrogens (tertiary/aromatic N) is 3. The Morgan fingerprint density at radius 2 is 1.49 bits per heavy atom. The lowest BCUT2D eigenvalue weighted by Crippen LogP contribution is -2.59. The van der Waals surface area contributed by atoms with Gasteiger partial charge in [0.05, 0.1) is 0 Å². The summed E-state index contributed by atoms with van der Waals surface area (Å²) in [6.07, 6.45) is 7.41. The number of nitrogens with one attached hydrogen (secondary N) is 4. The van der Waals surface area contributed by atoms with Gasteiger partial charge in [0.1, 0.15) is 36.5 Å². The number of aromatic nitrogens is 1. The highest BCUT2D eigenvalue weighted by Crippen LogP contribution is 2.23. The maximum atomic E-state index is 14.5. The van der Waals surface area contributed by atoms with Crippen LogP contribution in [0.15, 0.2) is 30.5 Å². The van der Waals surface area contributed by atoms with Crippen molar-refractivity contribution in [3.05, 3.63) is 36.0 Å². The van der Waals surface area contributed by atoms with Gasteiger partial charge in [-0.3, -0.25) is 28.8 Å². The van der Waals surface area contributed by atoms with Crippen LogP contribution >= 0.6 is 11.8 Å². The molecule has 0 saturated heterocycles. The molecule has 5 atom stereocenters. The maximum absolute atomic E-state index is 14.5. The molecule has 0 bridgehead atoms. The third-order valence-electron chi connectivity index (χ3n) is 9.67. The molecule has 0 saturated carbocycles. The van der Waals surface area contributed by atoms with Gasteiger partial charge in [0.25, 0.3) is 0 Å². The summed E-state index contributed by atoms with van der Waals surface area (Å²) in [4.78, 5) is 93.8. The molecule has 2 aromatic rings. The number of rotatable bonds is 27. The number of hydrogen-bond acceptors (Lipinski definition) is 9. The number of hydrogen-bond donors (Lipinski definition) is 5. The predicted octanol–water partition coefficient (Wildman–Crippen LogP) is 1.65. The second-order valence-corrected chi connectivity index (χ2v) is 14.9. The standard InChI is InChI=1S/C39H62N8O7S/c1-7-9-16-33(37(52)43-30(15-13-19-40)36(51)41-20-22-55-23-21-48)46(5)39(54)34(17-10-8-2)47(6)38(53)31(44-35(50)27(3)42-26-49)24-28-25-45(4)32-18-12-11-14-29(28)32/h11-12,14,18,21,25-27,30-31,33-34H,7-10,13,15-17,19-20,22-24,40H2,1-6H3,(H,41,51)(H,42,49)(H,43,52)(H,44,50)/t27-,30?,31+,33?,34?/m0/s1. The van der Waals surface area contributed by atoms with E-state index in [-0.39, 0.29) is 12.3 Å². The first kappa shape index (κ1) is 46.7. The minimum absolute atomic E-state index is 0.123. The van der Waals surface area contributed by atoms with Gasteiger partial charge < -0.3 is 46.2 Å². The first-order valence-electron chi connectivity index (χ1n) is 19.2. The average molecular weight is 787 g/mol. The summed E-state index contributed by atoms with van der Waals surface area (Å²) in [6, 6.07) is 2.94. The van der Waals surface area contributed by atoms with Crippen LogP contribution in [-0.2, 0) is 47.0 Å². The van der Waals surface area contributed by atoms with Gasteiger partial charge in [0.15, 0.2) is 0 Å². The summed E-state index contributed by atoms with van der Waals surface area (Å²) < 4.78 is 1.94. The van der Waals surface area contributed by atoms with Crippen LogP contribution in [0.4, 0.5) is 0 Å². The number of unbranched alkanes of at least 4 members (excludes halogenated alkanes) is 2. The van der Waals surface area contributed by atoms with Crippen LogP contribution < -0.4 is 27.0 Å². The molecule has 0 radical (unpaired) electrons. The highest BCUT2D eigenvalue weighted by Gasteiger charge is 2.38. The first-order chi connectivity index (χ1) is 26.4. The summed E-state index contributed by atoms with van der Waals surface area (Å²) >= 11 is 1.38. The molecule has 16 heteroatoms. The van der Waals surface area contributed by atoms with Crippen LogP contribution in [0, 0.1) is 0 Å². The Labute approximate surface area is 329 Å². The molecule has 0 aliphatic rings. The number of benzene rings is 1. The van der Waals surface area contributed by atoms with E-state index < -0.39 is 53.8 Å². The van der Waals surface area contributed by atoms with Crippen molar-refractivity contribution < 1.29 is 33.6 Å². The van der Waals surface area contributed by atoms with Crippen LogP contribution in [0.3, 0.4) is 0 Å². The highest BCUT2D eigenvalue weighted by molar-refractivity contribution is 7.99. The molecule has 6 N–H and O–H groups in total. The topological polar surface area (TPSA) is 205 Å². The van der Waals surface area contributed by atoms with Crippen molar-refractivity contribution in [3.63, 3.8) is 0 Å². The molecule has 2 rings (SSSR count). The Balaban J connectivity index is 2.42. The number of para-hydroxylation sites is 1. The second kappa shape index (κ2) is 24.9. The Morgan fingerprint density at radius 3 is 2.13 bits per heavy atom. The van der Waals surface area contributed by atoms with Crippen LogP contribution in [0.5, 0.6) is 0 Å². The van der Waals surface area contributed by atoms with Gasteiger partial charge in [-0.15, -0.1) is 0 Å². The van der Waals surface area contributed by atoms with E-state index in [0.29, 0.717) is 69.5 Å². The second-order valence-electron chi connectivity index (χ2n) is 13.8. The third-order valence-corrected chi connectivity index (χ3v) is 10.5. The normalized spacial score (nSPS) is 13.8. The number of aryl methyl sites for hydroxylation is 1. The summed E-state index contributed by atoms with van der Waals surface area (Å²) in [7, 11) is 4.97. The van der Waals surface area contributed by atoms with Crippen LogP contribution in [0.2, 0.25) is 0 Å². The van der Waals surface area contributed by atoms with Gasteiger partial charge in [0.2, 0.25) is 35.9 Å². The van der Waals surface area contributed by atoms with E-state index in [4.69, 9.17) is 5.73 Å². The highest BCUT2D eigenvalue weighted by atomic mass is 32.2. The SMILES string of the molecule is CCCCC(C(=O)NC(CCCN)C(=O)NCCSCC=O)N(C)C(=O)C(CCCC)N(C)C(=O)[C@@H](Cc1cn(C)c2ccccc12)NC(=O)[C@H](C)NC=O. The Bertz CT molecular complexity index is 1570. The lowest BCUT2D eigenvalue weighted by Gasteiger charge is -2.36. The minimum Gasteiger partial charge on any atom is -0.353 e. The zero-order valence-electron chi connectivity index (χ0n) is 33.3. The van der Waals surface area contributed by atoms with E-state index >= 15 is 0 Å². The maximum Gasteiger partial charge on any atom is 0.245 e. The molecular weight excluding hydrogens is 725 g/mol. The smallest absolute Gasteiger partial charge is 0.245 e. The largest absolute Gasteiger partial charge is 0.353 e. The Hall–Kier alpha value is -4.44. The fourth-order valence-electron chi connectivity index (χ4n) is 6.41. The lowest BCUT2D eigenvalue weighted by atomic mass is 10.00. The van der Waals surface area contributed by atoms with Crippen molar-refractivity contribution in [2.45, 2.75) is 109 Å². The van der Waals surface area contributed by atoms with Crippen molar-refractivity contribution in [1.29, 1.82) is 0 Å². The molecule has 1 heterocycles. The molecule has 3 unspecified atom stereocenters. The van der Waals surface area contributed by atoms with Gasteiger partial charge in [-0.2, -0.15) is 11.8 Å². The summed E-state index contributed by atoms with van der Waals surface area (Å²) in [6.45, 7) is 6.10. The van der Waals surface area contributed by atoms with E-state index in [9.17, 15) is 33.6 Å². The molecule has 6 amide bonds. The van der Waals surface area contributed by atoms with Crippen LogP contribution in [-0.4, -0.2) is 125 Å². The fraction of sp³-hybridized carbons (Fsp3) is 0.615. The van der Waals surface area contributed by atoms with E-state index in [1.54, 1.807) is 7.05 Å². The van der Waals surface area contributed by atoms with Crippen molar-refractivity contribution in [1.82, 2.24) is 35.6 Å². The molecule has 0 spiro atoms. The molecule has 0 fully saturated rings. The number of aldehydes is 1. The summed E-state index contributed by atoms with van der Waals surface area (Å²) in [5.74, 6) is -1.51. The summed E-state index contributed by atoms with van der Waals surface area (Å²) in [5.41, 5.74) is 7.51. The van der Waals surface area contributed by atoms with Crippen molar-refractivity contribution in [3.8, 4) is 0 Å². The summed E-state index contributed by atoms with van der Waals surface area (Å²) in [5, 5.41) is 11.8. The number of amides is 6. The molecule has 1 aromatic heterocycles. The molecule has 0 aliphatic carbocycles. The zero-order chi connectivity index (χ0) is 40.9. The zero-order valence-corrected chi connectivity index (χ0v) is 34.1. The Kier molecular flexibility index (Phi) is 21.1. The number of carbonyl (C=O) groups is 7. The molecule has 1 aromatic carbocycles. The lowest BCUT2D eigenvalue weighted by molar-refractivity contribution is -0.149. The Morgan fingerprint density at radius 1 is 0.855 bits per heavy atom. The van der Waals surface area contributed by atoms with Gasteiger partial charge >= 0.3 is 0 Å².